The van der Waals surface area contributed by atoms with Crippen LogP contribution in [0.4, 0.5) is 0 Å². The second-order valence-electron chi connectivity index (χ2n) is 2.68. The van der Waals surface area contributed by atoms with Crippen molar-refractivity contribution in [2.24, 2.45) is 5.92 Å². The summed E-state index contributed by atoms with van der Waals surface area (Å²) in [6.45, 7) is 8.23. The number of ether oxygens (including phenoxy) is 1. The predicted octanol–water partition coefficient (Wildman–Crippen LogP) is 2.85. The molecule has 1 nitrogen and oxygen atoms in total. The standard InChI is InChI=1S/C7H14O.C2H6/c1-7-4-2-3-5-8-6-7;1-2/h7H,2-6H2,1H3;1-2H3/t7-;/m0./s1. The van der Waals surface area contributed by atoms with Gasteiger partial charge in [-0.15, -0.1) is 0 Å². The highest BCUT2D eigenvalue weighted by molar-refractivity contribution is 4.55. The van der Waals surface area contributed by atoms with E-state index in [1.54, 1.807) is 0 Å². The second kappa shape index (κ2) is 7.07. The predicted molar refractivity (Wildman–Crippen MR) is 45.2 cm³/mol. The third-order valence-corrected chi connectivity index (χ3v) is 1.64. The van der Waals surface area contributed by atoms with Gasteiger partial charge in [0.1, 0.15) is 0 Å². The summed E-state index contributed by atoms with van der Waals surface area (Å²) in [5.74, 6) is 0.803. The Morgan fingerprint density at radius 3 is 2.60 bits per heavy atom. The zero-order chi connectivity index (χ0) is 7.82. The van der Waals surface area contributed by atoms with Crippen LogP contribution in [0, 0.1) is 5.92 Å². The Labute approximate surface area is 64.8 Å². The molecule has 1 atom stereocenters. The highest BCUT2D eigenvalue weighted by atomic mass is 16.5. The Morgan fingerprint density at radius 1 is 1.20 bits per heavy atom. The molecular weight excluding hydrogens is 124 g/mol. The fourth-order valence-corrected chi connectivity index (χ4v) is 1.06. The van der Waals surface area contributed by atoms with Crippen molar-refractivity contribution in [3.63, 3.8) is 0 Å². The van der Waals surface area contributed by atoms with Crippen molar-refractivity contribution >= 4 is 0 Å². The molecule has 0 spiro atoms. The summed E-state index contributed by atoms with van der Waals surface area (Å²) in [5.41, 5.74) is 0. The summed E-state index contributed by atoms with van der Waals surface area (Å²) in [6, 6.07) is 0. The molecule has 0 aromatic carbocycles. The molecule has 1 rings (SSSR count). The lowest BCUT2D eigenvalue weighted by Gasteiger charge is -2.03. The molecule has 0 radical (unpaired) electrons. The van der Waals surface area contributed by atoms with E-state index in [9.17, 15) is 0 Å². The van der Waals surface area contributed by atoms with Crippen LogP contribution in [0.2, 0.25) is 0 Å². The monoisotopic (exact) mass is 144 g/mol. The Morgan fingerprint density at radius 2 is 1.90 bits per heavy atom. The zero-order valence-corrected chi connectivity index (χ0v) is 7.52. The summed E-state index contributed by atoms with van der Waals surface area (Å²) in [6.07, 6.45) is 3.99. The minimum atomic E-state index is 0.803. The van der Waals surface area contributed by atoms with Gasteiger partial charge in [-0.1, -0.05) is 27.2 Å². The quantitative estimate of drug-likeness (QED) is 0.508. The van der Waals surface area contributed by atoms with Gasteiger partial charge in [0.05, 0.1) is 0 Å². The molecule has 1 saturated heterocycles. The van der Waals surface area contributed by atoms with Crippen LogP contribution in [0.25, 0.3) is 0 Å². The maximum absolute atomic E-state index is 5.31. The van der Waals surface area contributed by atoms with E-state index in [4.69, 9.17) is 4.74 Å². The van der Waals surface area contributed by atoms with Crippen molar-refractivity contribution in [2.45, 2.75) is 40.0 Å². The van der Waals surface area contributed by atoms with Crippen LogP contribution in [-0.4, -0.2) is 13.2 Å². The summed E-state index contributed by atoms with van der Waals surface area (Å²) >= 11 is 0. The second-order valence-corrected chi connectivity index (χ2v) is 2.68. The normalized spacial score (nSPS) is 26.1. The topological polar surface area (TPSA) is 9.23 Å². The van der Waals surface area contributed by atoms with Crippen molar-refractivity contribution in [2.75, 3.05) is 13.2 Å². The average molecular weight is 144 g/mol. The van der Waals surface area contributed by atoms with Gasteiger partial charge in [0, 0.05) is 13.2 Å². The Balaban J connectivity index is 0.000000371. The molecule has 0 aliphatic carbocycles. The van der Waals surface area contributed by atoms with Gasteiger partial charge in [-0.3, -0.25) is 0 Å². The van der Waals surface area contributed by atoms with Crippen molar-refractivity contribution in [3.8, 4) is 0 Å². The molecule has 0 unspecified atom stereocenters. The highest BCUT2D eigenvalue weighted by Crippen LogP contribution is 2.11. The molecule has 0 amide bonds. The highest BCUT2D eigenvalue weighted by Gasteiger charge is 2.05. The van der Waals surface area contributed by atoms with Crippen LogP contribution in [0.5, 0.6) is 0 Å². The van der Waals surface area contributed by atoms with Crippen molar-refractivity contribution in [1.29, 1.82) is 0 Å². The molecular formula is C9H20O. The molecule has 1 aliphatic heterocycles. The lowest BCUT2D eigenvalue weighted by atomic mass is 10.1. The smallest absolute Gasteiger partial charge is 0.0491 e. The van der Waals surface area contributed by atoms with Crippen LogP contribution < -0.4 is 0 Å². The first-order chi connectivity index (χ1) is 4.89. The fraction of sp³-hybridized carbons (Fsp3) is 1.00. The number of rotatable bonds is 0. The van der Waals surface area contributed by atoms with E-state index in [0.29, 0.717) is 0 Å². The minimum Gasteiger partial charge on any atom is -0.381 e. The molecule has 1 fully saturated rings. The van der Waals surface area contributed by atoms with Crippen molar-refractivity contribution < 1.29 is 4.74 Å². The SMILES string of the molecule is CC.C[C@H]1CCCCOC1. The van der Waals surface area contributed by atoms with E-state index in [-0.39, 0.29) is 0 Å². The molecule has 62 valence electrons. The van der Waals surface area contributed by atoms with Crippen LogP contribution in [0.1, 0.15) is 40.0 Å². The van der Waals surface area contributed by atoms with Crippen molar-refractivity contribution in [1.82, 2.24) is 0 Å². The fourth-order valence-electron chi connectivity index (χ4n) is 1.06. The summed E-state index contributed by atoms with van der Waals surface area (Å²) in [7, 11) is 0. The van der Waals surface area contributed by atoms with Gasteiger partial charge in [-0.2, -0.15) is 0 Å². The number of hydrogen-bond donors (Lipinski definition) is 0. The lowest BCUT2D eigenvalue weighted by Crippen LogP contribution is -2.00. The van der Waals surface area contributed by atoms with Gasteiger partial charge >= 0.3 is 0 Å². The van der Waals surface area contributed by atoms with Gasteiger partial charge in [0.15, 0.2) is 0 Å². The Bertz CT molecular complexity index is 53.7. The maximum Gasteiger partial charge on any atom is 0.0491 e. The van der Waals surface area contributed by atoms with Crippen molar-refractivity contribution in [3.05, 3.63) is 0 Å². The van der Waals surface area contributed by atoms with Crippen LogP contribution in [0.3, 0.4) is 0 Å². The van der Waals surface area contributed by atoms with Crippen LogP contribution in [-0.2, 0) is 4.74 Å². The maximum atomic E-state index is 5.31. The third-order valence-electron chi connectivity index (χ3n) is 1.64. The molecule has 0 N–H and O–H groups in total. The summed E-state index contributed by atoms with van der Waals surface area (Å²) in [4.78, 5) is 0. The molecule has 1 heteroatoms. The molecule has 0 saturated carbocycles. The van der Waals surface area contributed by atoms with E-state index < -0.39 is 0 Å². The summed E-state index contributed by atoms with van der Waals surface area (Å²) < 4.78 is 5.31. The lowest BCUT2D eigenvalue weighted by molar-refractivity contribution is 0.121. The van der Waals surface area contributed by atoms with E-state index in [1.807, 2.05) is 13.8 Å². The molecule has 0 aromatic heterocycles. The molecule has 10 heavy (non-hydrogen) atoms. The molecule has 0 bridgehead atoms. The first-order valence-electron chi connectivity index (χ1n) is 4.47. The Hall–Kier alpha value is -0.0400. The van der Waals surface area contributed by atoms with Gasteiger partial charge in [-0.25, -0.2) is 0 Å². The van der Waals surface area contributed by atoms with E-state index in [1.165, 1.54) is 19.3 Å². The van der Waals surface area contributed by atoms with Gasteiger partial charge < -0.3 is 4.74 Å². The first kappa shape index (κ1) is 9.96. The largest absolute Gasteiger partial charge is 0.381 e. The molecule has 0 aromatic rings. The van der Waals surface area contributed by atoms with E-state index in [2.05, 4.69) is 6.92 Å². The zero-order valence-electron chi connectivity index (χ0n) is 7.52. The van der Waals surface area contributed by atoms with Gasteiger partial charge in [0.2, 0.25) is 0 Å². The average Bonchev–Trinajstić information content (AvgIpc) is 2.21. The van der Waals surface area contributed by atoms with Gasteiger partial charge in [-0.05, 0) is 18.8 Å². The minimum absolute atomic E-state index is 0.803. The van der Waals surface area contributed by atoms with Crippen LogP contribution >= 0.6 is 0 Å². The Kier molecular flexibility index (Phi) is 7.04. The van der Waals surface area contributed by atoms with Crippen LogP contribution in [0.15, 0.2) is 0 Å². The number of hydrogen-bond acceptors (Lipinski definition) is 1. The third kappa shape index (κ3) is 4.80. The van der Waals surface area contributed by atoms with E-state index >= 15 is 0 Å². The molecule has 1 aliphatic rings. The van der Waals surface area contributed by atoms with Gasteiger partial charge in [0.25, 0.3) is 0 Å². The first-order valence-corrected chi connectivity index (χ1v) is 4.47. The molecule has 1 heterocycles. The van der Waals surface area contributed by atoms with E-state index in [0.717, 1.165) is 19.1 Å². The summed E-state index contributed by atoms with van der Waals surface area (Å²) in [5, 5.41) is 0.